The molecule has 0 radical (unpaired) electrons. The van der Waals surface area contributed by atoms with Crippen LogP contribution in [0.15, 0.2) is 24.3 Å². The zero-order chi connectivity index (χ0) is 13.4. The second-order valence-electron chi connectivity index (χ2n) is 6.16. The van der Waals surface area contributed by atoms with Gasteiger partial charge in [0.25, 0.3) is 0 Å². The highest BCUT2D eigenvalue weighted by Gasteiger charge is 2.23. The summed E-state index contributed by atoms with van der Waals surface area (Å²) in [6.45, 7) is 2.45. The van der Waals surface area contributed by atoms with E-state index in [4.69, 9.17) is 4.98 Å². The molecule has 4 rings (SSSR count). The molecule has 0 bridgehead atoms. The van der Waals surface area contributed by atoms with E-state index in [-0.39, 0.29) is 0 Å². The molecule has 0 spiro atoms. The molecule has 1 aliphatic carbocycles. The Morgan fingerprint density at radius 3 is 2.50 bits per heavy atom. The van der Waals surface area contributed by atoms with E-state index in [0.717, 1.165) is 0 Å². The van der Waals surface area contributed by atoms with E-state index in [2.05, 4.69) is 29.2 Å². The summed E-state index contributed by atoms with van der Waals surface area (Å²) in [6.07, 6.45) is 9.12. The summed E-state index contributed by atoms with van der Waals surface area (Å²) in [6, 6.07) is 8.71. The van der Waals surface area contributed by atoms with E-state index in [9.17, 15) is 0 Å². The Labute approximate surface area is 120 Å². The van der Waals surface area contributed by atoms with E-state index in [1.165, 1.54) is 80.3 Å². The summed E-state index contributed by atoms with van der Waals surface area (Å²) in [5.41, 5.74) is 5.62. The van der Waals surface area contributed by atoms with Gasteiger partial charge in [0.1, 0.15) is 0 Å². The number of nitrogens with zero attached hydrogens (tertiary/aromatic N) is 2. The number of benzene rings is 1. The average molecular weight is 266 g/mol. The van der Waals surface area contributed by atoms with E-state index in [1.54, 1.807) is 5.56 Å². The molecule has 0 saturated carbocycles. The van der Waals surface area contributed by atoms with Gasteiger partial charge >= 0.3 is 0 Å². The van der Waals surface area contributed by atoms with Crippen LogP contribution >= 0.6 is 0 Å². The number of rotatable bonds is 1. The molecular formula is C18H22N2. The maximum atomic E-state index is 4.91. The van der Waals surface area contributed by atoms with E-state index >= 15 is 0 Å². The van der Waals surface area contributed by atoms with E-state index < -0.39 is 0 Å². The molecule has 104 valence electrons. The van der Waals surface area contributed by atoms with Gasteiger partial charge in [0, 0.05) is 24.2 Å². The maximum absolute atomic E-state index is 4.91. The van der Waals surface area contributed by atoms with Crippen molar-refractivity contribution in [3.05, 3.63) is 35.5 Å². The van der Waals surface area contributed by atoms with E-state index in [0.29, 0.717) is 0 Å². The predicted octanol–water partition coefficient (Wildman–Crippen LogP) is 4.10. The molecule has 1 saturated heterocycles. The first kappa shape index (κ1) is 12.2. The number of aryl methyl sites for hydroxylation is 1. The normalized spacial score (nSPS) is 19.1. The fourth-order valence-electron chi connectivity index (χ4n) is 3.84. The fraction of sp³-hybridized carbons (Fsp3) is 0.500. The molecule has 2 nitrogen and oxygen atoms in total. The van der Waals surface area contributed by atoms with Gasteiger partial charge in [-0.1, -0.05) is 31.0 Å². The van der Waals surface area contributed by atoms with Crippen LogP contribution < -0.4 is 4.90 Å². The van der Waals surface area contributed by atoms with Crippen molar-refractivity contribution in [1.82, 2.24) is 4.98 Å². The number of aromatic nitrogens is 1. The third-order valence-electron chi connectivity index (χ3n) is 4.81. The minimum absolute atomic E-state index is 1.17. The maximum Gasteiger partial charge on any atom is 0.0726 e. The van der Waals surface area contributed by atoms with Crippen LogP contribution in [0.2, 0.25) is 0 Å². The minimum Gasteiger partial charge on any atom is -0.371 e. The van der Waals surface area contributed by atoms with Crippen LogP contribution in [0.3, 0.4) is 0 Å². The van der Waals surface area contributed by atoms with E-state index in [1.807, 2.05) is 0 Å². The summed E-state index contributed by atoms with van der Waals surface area (Å²) in [5, 5.41) is 1.37. The van der Waals surface area contributed by atoms with Crippen LogP contribution in [-0.4, -0.2) is 18.1 Å². The SMILES string of the molecule is c1ccc2c(N3CCCCCC3)c3c(nc2c1)CCC3. The number of hydrogen-bond acceptors (Lipinski definition) is 2. The highest BCUT2D eigenvalue weighted by Crippen LogP contribution is 2.37. The Morgan fingerprint density at radius 1 is 0.850 bits per heavy atom. The molecule has 1 aromatic heterocycles. The Hall–Kier alpha value is -1.57. The van der Waals surface area contributed by atoms with Gasteiger partial charge in [-0.3, -0.25) is 4.98 Å². The van der Waals surface area contributed by atoms with Crippen molar-refractivity contribution in [3.63, 3.8) is 0 Å². The van der Waals surface area contributed by atoms with Gasteiger partial charge in [0.05, 0.1) is 11.2 Å². The summed E-state index contributed by atoms with van der Waals surface area (Å²) < 4.78 is 0. The number of fused-ring (bicyclic) bond motifs is 2. The molecule has 0 amide bonds. The van der Waals surface area contributed by atoms with Crippen LogP contribution in [0.4, 0.5) is 5.69 Å². The lowest BCUT2D eigenvalue weighted by Crippen LogP contribution is -2.25. The van der Waals surface area contributed by atoms with Crippen molar-refractivity contribution < 1.29 is 0 Å². The standard InChI is InChI=1S/C18H22N2/c1-2-6-13-20(12-5-1)18-14-8-3-4-10-16(14)19-17-11-7-9-15(17)18/h3-4,8,10H,1-2,5-7,9,11-13H2. The van der Waals surface area contributed by atoms with Crippen LogP contribution in [0, 0.1) is 0 Å². The number of anilines is 1. The van der Waals surface area contributed by atoms with Crippen LogP contribution in [0.1, 0.15) is 43.4 Å². The molecule has 1 fully saturated rings. The molecule has 0 atom stereocenters. The minimum atomic E-state index is 1.17. The zero-order valence-electron chi connectivity index (χ0n) is 12.1. The van der Waals surface area contributed by atoms with Crippen LogP contribution in [0.25, 0.3) is 10.9 Å². The Kier molecular flexibility index (Phi) is 3.10. The molecule has 0 N–H and O–H groups in total. The van der Waals surface area contributed by atoms with Crippen LogP contribution in [0.5, 0.6) is 0 Å². The first-order valence-electron chi connectivity index (χ1n) is 8.09. The Balaban J connectivity index is 1.91. The monoisotopic (exact) mass is 266 g/mol. The fourth-order valence-corrected chi connectivity index (χ4v) is 3.84. The highest BCUT2D eigenvalue weighted by atomic mass is 15.1. The lowest BCUT2D eigenvalue weighted by atomic mass is 10.1. The lowest BCUT2D eigenvalue weighted by molar-refractivity contribution is 0.726. The van der Waals surface area contributed by atoms with Gasteiger partial charge in [-0.2, -0.15) is 0 Å². The second kappa shape index (κ2) is 5.08. The molecule has 2 aliphatic rings. The van der Waals surface area contributed by atoms with Gasteiger partial charge in [-0.25, -0.2) is 0 Å². The first-order valence-corrected chi connectivity index (χ1v) is 8.09. The summed E-state index contributed by atoms with van der Waals surface area (Å²) >= 11 is 0. The van der Waals surface area contributed by atoms with Gasteiger partial charge in [-0.05, 0) is 43.7 Å². The second-order valence-corrected chi connectivity index (χ2v) is 6.16. The quantitative estimate of drug-likeness (QED) is 0.772. The van der Waals surface area contributed by atoms with Crippen molar-refractivity contribution >= 4 is 16.6 Å². The third-order valence-corrected chi connectivity index (χ3v) is 4.81. The molecule has 0 unspecified atom stereocenters. The highest BCUT2D eigenvalue weighted by molar-refractivity contribution is 5.94. The number of hydrogen-bond donors (Lipinski definition) is 0. The third kappa shape index (κ3) is 1.98. The summed E-state index contributed by atoms with van der Waals surface area (Å²) in [7, 11) is 0. The molecular weight excluding hydrogens is 244 g/mol. The Bertz CT molecular complexity index is 625. The molecule has 1 aliphatic heterocycles. The van der Waals surface area contributed by atoms with Gasteiger partial charge in [0.15, 0.2) is 0 Å². The predicted molar refractivity (Wildman–Crippen MR) is 84.4 cm³/mol. The average Bonchev–Trinajstić information content (AvgIpc) is 2.78. The molecule has 2 aromatic rings. The number of pyridine rings is 1. The zero-order valence-corrected chi connectivity index (χ0v) is 12.1. The van der Waals surface area contributed by atoms with Crippen molar-refractivity contribution in [2.24, 2.45) is 0 Å². The molecule has 2 heteroatoms. The largest absolute Gasteiger partial charge is 0.371 e. The van der Waals surface area contributed by atoms with Crippen molar-refractivity contribution in [2.45, 2.75) is 44.9 Å². The molecule has 1 aromatic carbocycles. The first-order chi connectivity index (χ1) is 9.93. The van der Waals surface area contributed by atoms with Gasteiger partial charge in [0.2, 0.25) is 0 Å². The van der Waals surface area contributed by atoms with Crippen LogP contribution in [-0.2, 0) is 12.8 Å². The van der Waals surface area contributed by atoms with Crippen molar-refractivity contribution in [3.8, 4) is 0 Å². The van der Waals surface area contributed by atoms with Gasteiger partial charge in [-0.15, -0.1) is 0 Å². The molecule has 20 heavy (non-hydrogen) atoms. The lowest BCUT2D eigenvalue weighted by Gasteiger charge is -2.27. The topological polar surface area (TPSA) is 16.1 Å². The summed E-state index contributed by atoms with van der Waals surface area (Å²) in [4.78, 5) is 7.56. The Morgan fingerprint density at radius 2 is 1.65 bits per heavy atom. The smallest absolute Gasteiger partial charge is 0.0726 e. The number of para-hydroxylation sites is 1. The summed E-state index contributed by atoms with van der Waals surface area (Å²) in [5.74, 6) is 0. The van der Waals surface area contributed by atoms with Crippen molar-refractivity contribution in [1.29, 1.82) is 0 Å². The van der Waals surface area contributed by atoms with Crippen molar-refractivity contribution in [2.75, 3.05) is 18.0 Å². The molecule has 2 heterocycles. The van der Waals surface area contributed by atoms with Gasteiger partial charge < -0.3 is 4.90 Å².